The Balaban J connectivity index is 2.21. The SMILES string of the molecule is COC1(CNC(=O)N[C@@H](C)CO)CCC1. The van der Waals surface area contributed by atoms with Gasteiger partial charge in [0, 0.05) is 13.7 Å². The third kappa shape index (κ3) is 3.35. The molecule has 15 heavy (non-hydrogen) atoms. The van der Waals surface area contributed by atoms with Crippen LogP contribution in [0.1, 0.15) is 26.2 Å². The molecular formula is C10H20N2O3. The van der Waals surface area contributed by atoms with Gasteiger partial charge in [0.25, 0.3) is 0 Å². The smallest absolute Gasteiger partial charge is 0.315 e. The lowest BCUT2D eigenvalue weighted by molar-refractivity contribution is -0.0674. The fourth-order valence-electron chi connectivity index (χ4n) is 1.59. The second kappa shape index (κ2) is 5.32. The van der Waals surface area contributed by atoms with Gasteiger partial charge in [0.1, 0.15) is 0 Å². The van der Waals surface area contributed by atoms with Crippen molar-refractivity contribution < 1.29 is 14.6 Å². The molecule has 2 amide bonds. The molecule has 1 aliphatic carbocycles. The topological polar surface area (TPSA) is 70.6 Å². The van der Waals surface area contributed by atoms with Crippen molar-refractivity contribution in [3.63, 3.8) is 0 Å². The summed E-state index contributed by atoms with van der Waals surface area (Å²) in [5, 5.41) is 14.1. The minimum atomic E-state index is -0.250. The first-order chi connectivity index (χ1) is 7.12. The number of carbonyl (C=O) groups is 1. The maximum Gasteiger partial charge on any atom is 0.315 e. The van der Waals surface area contributed by atoms with Crippen LogP contribution in [0.5, 0.6) is 0 Å². The van der Waals surface area contributed by atoms with Crippen LogP contribution in [0.15, 0.2) is 0 Å². The van der Waals surface area contributed by atoms with E-state index in [-0.39, 0.29) is 24.3 Å². The lowest BCUT2D eigenvalue weighted by Gasteiger charge is -2.40. The van der Waals surface area contributed by atoms with Crippen molar-refractivity contribution in [3.8, 4) is 0 Å². The monoisotopic (exact) mass is 216 g/mol. The lowest BCUT2D eigenvalue weighted by atomic mass is 9.80. The number of ether oxygens (including phenoxy) is 1. The fraction of sp³-hybridized carbons (Fsp3) is 0.900. The van der Waals surface area contributed by atoms with Gasteiger partial charge in [-0.1, -0.05) is 0 Å². The first-order valence-corrected chi connectivity index (χ1v) is 5.32. The first-order valence-electron chi connectivity index (χ1n) is 5.32. The standard InChI is InChI=1S/C10H20N2O3/c1-8(6-13)12-9(14)11-7-10(15-2)4-3-5-10/h8,13H,3-7H2,1-2H3,(H2,11,12,14)/t8-/m0/s1. The third-order valence-corrected chi connectivity index (χ3v) is 2.92. The number of nitrogens with one attached hydrogen (secondary N) is 2. The van der Waals surface area contributed by atoms with E-state index in [4.69, 9.17) is 9.84 Å². The first kappa shape index (κ1) is 12.3. The highest BCUT2D eigenvalue weighted by Gasteiger charge is 2.37. The molecule has 0 aliphatic heterocycles. The van der Waals surface area contributed by atoms with Gasteiger partial charge in [-0.25, -0.2) is 4.79 Å². The van der Waals surface area contributed by atoms with Crippen LogP contribution in [-0.2, 0) is 4.74 Å². The zero-order valence-electron chi connectivity index (χ0n) is 9.38. The summed E-state index contributed by atoms with van der Waals surface area (Å²) in [5.74, 6) is 0. The maximum atomic E-state index is 11.3. The van der Waals surface area contributed by atoms with Crippen LogP contribution < -0.4 is 10.6 Å². The summed E-state index contributed by atoms with van der Waals surface area (Å²) in [6.07, 6.45) is 3.16. The van der Waals surface area contributed by atoms with Gasteiger partial charge in [-0.2, -0.15) is 0 Å². The minimum absolute atomic E-state index is 0.0527. The molecule has 3 N–H and O–H groups in total. The Hall–Kier alpha value is -0.810. The summed E-state index contributed by atoms with van der Waals surface area (Å²) in [6.45, 7) is 2.23. The Morgan fingerprint density at radius 1 is 1.60 bits per heavy atom. The van der Waals surface area contributed by atoms with E-state index in [1.165, 1.54) is 0 Å². The Morgan fingerprint density at radius 3 is 2.67 bits per heavy atom. The molecule has 1 atom stereocenters. The van der Waals surface area contributed by atoms with Crippen LogP contribution in [0.25, 0.3) is 0 Å². The predicted molar refractivity (Wildman–Crippen MR) is 56.7 cm³/mol. The van der Waals surface area contributed by atoms with E-state index in [9.17, 15) is 4.79 Å². The Labute approximate surface area is 90.2 Å². The molecule has 5 nitrogen and oxygen atoms in total. The van der Waals surface area contributed by atoms with Gasteiger partial charge >= 0.3 is 6.03 Å². The summed E-state index contributed by atoms with van der Waals surface area (Å²) < 4.78 is 5.36. The van der Waals surface area contributed by atoms with Gasteiger partial charge in [0.05, 0.1) is 18.2 Å². The summed E-state index contributed by atoms with van der Waals surface area (Å²) >= 11 is 0. The largest absolute Gasteiger partial charge is 0.394 e. The van der Waals surface area contributed by atoms with Crippen LogP contribution in [0.2, 0.25) is 0 Å². The summed E-state index contributed by atoms with van der Waals surface area (Å²) in [7, 11) is 1.68. The summed E-state index contributed by atoms with van der Waals surface area (Å²) in [6, 6.07) is -0.468. The minimum Gasteiger partial charge on any atom is -0.394 e. The Bertz CT molecular complexity index is 211. The number of urea groups is 1. The Kier molecular flexibility index (Phi) is 4.35. The van der Waals surface area contributed by atoms with Crippen LogP contribution in [-0.4, -0.2) is 43.0 Å². The third-order valence-electron chi connectivity index (χ3n) is 2.92. The summed E-state index contributed by atoms with van der Waals surface area (Å²) in [5.41, 5.74) is -0.153. The highest BCUT2D eigenvalue weighted by atomic mass is 16.5. The van der Waals surface area contributed by atoms with E-state index in [1.807, 2.05) is 0 Å². The maximum absolute atomic E-state index is 11.3. The van der Waals surface area contributed by atoms with Crippen molar-refractivity contribution in [2.45, 2.75) is 37.8 Å². The number of hydrogen-bond donors (Lipinski definition) is 3. The molecule has 1 fully saturated rings. The molecule has 1 rings (SSSR count). The molecule has 5 heteroatoms. The number of aliphatic hydroxyl groups excluding tert-OH is 1. The lowest BCUT2D eigenvalue weighted by Crippen LogP contribution is -2.52. The van der Waals surface area contributed by atoms with E-state index < -0.39 is 0 Å². The van der Waals surface area contributed by atoms with E-state index in [0.717, 1.165) is 19.3 Å². The van der Waals surface area contributed by atoms with E-state index in [2.05, 4.69) is 10.6 Å². The highest BCUT2D eigenvalue weighted by molar-refractivity contribution is 5.74. The van der Waals surface area contributed by atoms with Crippen LogP contribution in [0, 0.1) is 0 Å². The fourth-order valence-corrected chi connectivity index (χ4v) is 1.59. The van der Waals surface area contributed by atoms with E-state index >= 15 is 0 Å². The van der Waals surface area contributed by atoms with Crippen molar-refractivity contribution in [1.82, 2.24) is 10.6 Å². The predicted octanol–water partition coefficient (Wildman–Crippen LogP) is 0.235. The average molecular weight is 216 g/mol. The zero-order valence-corrected chi connectivity index (χ0v) is 9.38. The van der Waals surface area contributed by atoms with Crippen LogP contribution in [0.3, 0.4) is 0 Å². The van der Waals surface area contributed by atoms with Gasteiger partial charge in [-0.15, -0.1) is 0 Å². The quantitative estimate of drug-likeness (QED) is 0.616. The van der Waals surface area contributed by atoms with Crippen LogP contribution in [0.4, 0.5) is 4.79 Å². The number of carbonyl (C=O) groups excluding carboxylic acids is 1. The van der Waals surface area contributed by atoms with Crippen LogP contribution >= 0.6 is 0 Å². The molecule has 0 heterocycles. The van der Waals surface area contributed by atoms with Gasteiger partial charge in [0.2, 0.25) is 0 Å². The second-order valence-corrected chi connectivity index (χ2v) is 4.15. The van der Waals surface area contributed by atoms with Crippen molar-refractivity contribution in [2.24, 2.45) is 0 Å². The van der Waals surface area contributed by atoms with Crippen molar-refractivity contribution in [3.05, 3.63) is 0 Å². The van der Waals surface area contributed by atoms with Gasteiger partial charge < -0.3 is 20.5 Å². The average Bonchev–Trinajstić information content (AvgIpc) is 2.16. The van der Waals surface area contributed by atoms with E-state index in [1.54, 1.807) is 14.0 Å². The molecule has 0 aromatic heterocycles. The molecule has 0 unspecified atom stereocenters. The molecule has 0 spiro atoms. The molecule has 0 radical (unpaired) electrons. The van der Waals surface area contributed by atoms with Gasteiger partial charge in [-0.05, 0) is 26.2 Å². The molecule has 0 bridgehead atoms. The normalized spacial score (nSPS) is 20.2. The number of rotatable bonds is 5. The van der Waals surface area contributed by atoms with Crippen molar-refractivity contribution >= 4 is 6.03 Å². The van der Waals surface area contributed by atoms with Crippen molar-refractivity contribution in [2.75, 3.05) is 20.3 Å². The highest BCUT2D eigenvalue weighted by Crippen LogP contribution is 2.34. The Morgan fingerprint density at radius 2 is 2.27 bits per heavy atom. The molecule has 0 saturated heterocycles. The molecule has 0 aromatic rings. The summed E-state index contributed by atoms with van der Waals surface area (Å²) in [4.78, 5) is 11.3. The molecule has 88 valence electrons. The van der Waals surface area contributed by atoms with Gasteiger partial charge in [-0.3, -0.25) is 0 Å². The van der Waals surface area contributed by atoms with Crippen molar-refractivity contribution in [1.29, 1.82) is 0 Å². The van der Waals surface area contributed by atoms with E-state index in [0.29, 0.717) is 6.54 Å². The number of methoxy groups -OCH3 is 1. The number of amides is 2. The number of hydrogen-bond acceptors (Lipinski definition) is 3. The zero-order chi connectivity index (χ0) is 11.3. The number of aliphatic hydroxyl groups is 1. The molecule has 1 saturated carbocycles. The second-order valence-electron chi connectivity index (χ2n) is 4.15. The molecule has 0 aromatic carbocycles. The molecule has 1 aliphatic rings. The van der Waals surface area contributed by atoms with Gasteiger partial charge in [0.15, 0.2) is 0 Å². The molecular weight excluding hydrogens is 196 g/mol.